The van der Waals surface area contributed by atoms with E-state index < -0.39 is 17.3 Å². The van der Waals surface area contributed by atoms with Gasteiger partial charge in [0.15, 0.2) is 0 Å². The Balaban J connectivity index is 2.04. The van der Waals surface area contributed by atoms with Crippen molar-refractivity contribution in [1.82, 2.24) is 0 Å². The molecule has 2 bridgehead atoms. The fourth-order valence-corrected chi connectivity index (χ4v) is 5.38. The second-order valence-electron chi connectivity index (χ2n) is 9.26. The van der Waals surface area contributed by atoms with Crippen LogP contribution in [0.25, 0.3) is 0 Å². The van der Waals surface area contributed by atoms with Crippen LogP contribution in [-0.2, 0) is 4.74 Å². The van der Waals surface area contributed by atoms with Gasteiger partial charge in [0.2, 0.25) is 0 Å². The minimum atomic E-state index is -1.18. The quantitative estimate of drug-likeness (QED) is 0.643. The van der Waals surface area contributed by atoms with Crippen LogP contribution in [0.15, 0.2) is 11.6 Å². The van der Waals surface area contributed by atoms with Gasteiger partial charge in [0.1, 0.15) is 0 Å². The summed E-state index contributed by atoms with van der Waals surface area (Å²) in [7, 11) is 0. The van der Waals surface area contributed by atoms with E-state index in [1.807, 2.05) is 6.92 Å². The molecule has 138 valence electrons. The summed E-state index contributed by atoms with van der Waals surface area (Å²) in [5, 5.41) is 32.3. The molecule has 0 unspecified atom stereocenters. The maximum atomic E-state index is 11.2. The number of hydrogen-bond donors (Lipinski definition) is 3. The lowest BCUT2D eigenvalue weighted by Crippen LogP contribution is -2.49. The lowest BCUT2D eigenvalue weighted by molar-refractivity contribution is -0.120. The molecular formula is C20H34O4. The Bertz CT molecular complexity index is 508. The second-order valence-corrected chi connectivity index (χ2v) is 9.26. The summed E-state index contributed by atoms with van der Waals surface area (Å²) < 4.78 is 6.42. The molecule has 3 aliphatic rings. The van der Waals surface area contributed by atoms with Crippen LogP contribution in [0.2, 0.25) is 0 Å². The van der Waals surface area contributed by atoms with Crippen LogP contribution in [0.4, 0.5) is 0 Å². The molecule has 2 fully saturated rings. The lowest BCUT2D eigenvalue weighted by atomic mass is 9.62. The molecular weight excluding hydrogens is 304 g/mol. The molecule has 0 aromatic carbocycles. The minimum absolute atomic E-state index is 0.146. The van der Waals surface area contributed by atoms with Crippen LogP contribution in [-0.4, -0.2) is 44.8 Å². The number of rotatable bonds is 1. The van der Waals surface area contributed by atoms with Crippen LogP contribution in [0.3, 0.4) is 0 Å². The molecule has 0 spiro atoms. The van der Waals surface area contributed by atoms with Gasteiger partial charge >= 0.3 is 0 Å². The first kappa shape index (κ1) is 18.4. The molecule has 2 aliphatic heterocycles. The monoisotopic (exact) mass is 338 g/mol. The SMILES string of the molecule is CC1=CC[C@H](C(C)C)[C@@H]2[C@H]1[C@H]1C[C@](C)(O)[C@@H](O)CC[C@@](C)(O)[C@@H]2O1. The smallest absolute Gasteiger partial charge is 0.0902 e. The zero-order valence-electron chi connectivity index (χ0n) is 15.7. The summed E-state index contributed by atoms with van der Waals surface area (Å²) in [6.45, 7) is 10.2. The Morgan fingerprint density at radius 1 is 1.21 bits per heavy atom. The van der Waals surface area contributed by atoms with Crippen molar-refractivity contribution in [1.29, 1.82) is 0 Å². The van der Waals surface area contributed by atoms with Crippen LogP contribution in [0, 0.1) is 23.7 Å². The Morgan fingerprint density at radius 3 is 2.50 bits per heavy atom. The van der Waals surface area contributed by atoms with E-state index in [-0.39, 0.29) is 24.0 Å². The van der Waals surface area contributed by atoms with Gasteiger partial charge < -0.3 is 20.1 Å². The van der Waals surface area contributed by atoms with E-state index in [2.05, 4.69) is 26.8 Å². The highest BCUT2D eigenvalue weighted by Gasteiger charge is 2.57. The minimum Gasteiger partial charge on any atom is -0.390 e. The van der Waals surface area contributed by atoms with Gasteiger partial charge in [0.05, 0.1) is 29.5 Å². The first-order valence-corrected chi connectivity index (χ1v) is 9.49. The molecule has 0 radical (unpaired) electrons. The summed E-state index contributed by atoms with van der Waals surface area (Å²) in [6, 6.07) is 0. The van der Waals surface area contributed by atoms with Crippen LogP contribution in [0.1, 0.15) is 60.3 Å². The Morgan fingerprint density at radius 2 is 1.88 bits per heavy atom. The van der Waals surface area contributed by atoms with Gasteiger partial charge in [-0.2, -0.15) is 0 Å². The third-order valence-electron chi connectivity index (χ3n) is 6.94. The average molecular weight is 338 g/mol. The number of hydrogen-bond acceptors (Lipinski definition) is 4. The van der Waals surface area contributed by atoms with Gasteiger partial charge in [-0.3, -0.25) is 0 Å². The van der Waals surface area contributed by atoms with Crippen molar-refractivity contribution in [3.63, 3.8) is 0 Å². The maximum absolute atomic E-state index is 11.2. The first-order chi connectivity index (χ1) is 11.0. The number of aliphatic hydroxyl groups excluding tert-OH is 1. The summed E-state index contributed by atoms with van der Waals surface area (Å²) >= 11 is 0. The third kappa shape index (κ3) is 2.96. The van der Waals surface area contributed by atoms with Gasteiger partial charge in [-0.1, -0.05) is 25.5 Å². The second kappa shape index (κ2) is 6.08. The normalized spacial score (nSPS) is 52.3. The molecule has 0 amide bonds. The fraction of sp³-hybridized carbons (Fsp3) is 0.900. The third-order valence-corrected chi connectivity index (χ3v) is 6.94. The van der Waals surface area contributed by atoms with Crippen LogP contribution < -0.4 is 0 Å². The van der Waals surface area contributed by atoms with E-state index in [9.17, 15) is 15.3 Å². The predicted octanol–water partition coefficient (Wildman–Crippen LogP) is 2.66. The standard InChI is InChI=1S/C20H34O4/c1-11(2)13-7-6-12(3)16-14-10-20(5,23)15(21)8-9-19(4,22)18(24-14)17(13)16/h6,11,13-18,21-23H,7-10H2,1-5H3/t13-,14-,15+,16-,17-,18-,19-,20+/m1/s1. The number of fused-ring (bicyclic) bond motifs is 5. The summed E-state index contributed by atoms with van der Waals surface area (Å²) in [5.41, 5.74) is -0.856. The Hall–Kier alpha value is -0.420. The highest BCUT2D eigenvalue weighted by Crippen LogP contribution is 2.53. The number of allylic oxidation sites excluding steroid dienone is 1. The van der Waals surface area contributed by atoms with E-state index in [4.69, 9.17) is 4.74 Å². The molecule has 4 nitrogen and oxygen atoms in total. The Kier molecular flexibility index (Phi) is 4.66. The van der Waals surface area contributed by atoms with E-state index >= 15 is 0 Å². The molecule has 3 N–H and O–H groups in total. The van der Waals surface area contributed by atoms with E-state index in [1.165, 1.54) is 5.57 Å². The van der Waals surface area contributed by atoms with Gasteiger partial charge in [-0.05, 0) is 51.9 Å². The molecule has 2 heterocycles. The van der Waals surface area contributed by atoms with Gasteiger partial charge in [0, 0.05) is 18.3 Å². The molecule has 3 rings (SSSR count). The molecule has 0 saturated carbocycles. The zero-order chi connectivity index (χ0) is 17.9. The van der Waals surface area contributed by atoms with E-state index in [1.54, 1.807) is 6.92 Å². The van der Waals surface area contributed by atoms with Gasteiger partial charge in [0.25, 0.3) is 0 Å². The molecule has 24 heavy (non-hydrogen) atoms. The summed E-state index contributed by atoms with van der Waals surface area (Å²) in [4.78, 5) is 0. The largest absolute Gasteiger partial charge is 0.390 e. The van der Waals surface area contributed by atoms with Gasteiger partial charge in [-0.25, -0.2) is 0 Å². The molecule has 8 atom stereocenters. The molecule has 1 aliphatic carbocycles. The predicted molar refractivity (Wildman–Crippen MR) is 93.4 cm³/mol. The number of ether oxygens (including phenoxy) is 1. The summed E-state index contributed by atoms with van der Waals surface area (Å²) in [6.07, 6.45) is 3.39. The number of aliphatic hydroxyl groups is 3. The van der Waals surface area contributed by atoms with Crippen LogP contribution >= 0.6 is 0 Å². The highest BCUT2D eigenvalue weighted by molar-refractivity contribution is 5.20. The molecule has 4 heteroatoms. The van der Waals surface area contributed by atoms with Crippen molar-refractivity contribution in [3.05, 3.63) is 11.6 Å². The Labute approximate surface area is 145 Å². The maximum Gasteiger partial charge on any atom is 0.0902 e. The van der Waals surface area contributed by atoms with Crippen molar-refractivity contribution in [2.75, 3.05) is 0 Å². The zero-order valence-corrected chi connectivity index (χ0v) is 15.7. The van der Waals surface area contributed by atoms with Gasteiger partial charge in [-0.15, -0.1) is 0 Å². The van der Waals surface area contributed by atoms with Crippen LogP contribution in [0.5, 0.6) is 0 Å². The summed E-state index contributed by atoms with van der Waals surface area (Å²) in [5.74, 6) is 1.51. The molecule has 0 aromatic heterocycles. The molecule has 0 aromatic rings. The first-order valence-electron chi connectivity index (χ1n) is 9.49. The van der Waals surface area contributed by atoms with Crippen molar-refractivity contribution >= 4 is 0 Å². The van der Waals surface area contributed by atoms with E-state index in [0.717, 1.165) is 6.42 Å². The van der Waals surface area contributed by atoms with Crippen molar-refractivity contribution in [2.24, 2.45) is 23.7 Å². The van der Waals surface area contributed by atoms with Crippen molar-refractivity contribution in [2.45, 2.75) is 89.8 Å². The van der Waals surface area contributed by atoms with E-state index in [0.29, 0.717) is 31.1 Å². The van der Waals surface area contributed by atoms with Crippen molar-refractivity contribution < 1.29 is 20.1 Å². The fourth-order valence-electron chi connectivity index (χ4n) is 5.38. The lowest BCUT2D eigenvalue weighted by Gasteiger charge is -2.43. The molecule has 2 saturated heterocycles. The highest BCUT2D eigenvalue weighted by atomic mass is 16.5. The van der Waals surface area contributed by atoms with Crippen molar-refractivity contribution in [3.8, 4) is 0 Å². The topological polar surface area (TPSA) is 69.9 Å². The average Bonchev–Trinajstić information content (AvgIpc) is 2.85.